The van der Waals surface area contributed by atoms with Gasteiger partial charge in [0.2, 0.25) is 5.89 Å². The van der Waals surface area contributed by atoms with Crippen LogP contribution in [0.25, 0.3) is 0 Å². The fourth-order valence-electron chi connectivity index (χ4n) is 1.81. The molecule has 1 aromatic heterocycles. The van der Waals surface area contributed by atoms with E-state index >= 15 is 0 Å². The van der Waals surface area contributed by atoms with E-state index in [0.717, 1.165) is 5.56 Å². The molecule has 3 N–H and O–H groups in total. The predicted molar refractivity (Wildman–Crippen MR) is 71.5 cm³/mol. The summed E-state index contributed by atoms with van der Waals surface area (Å²) in [5.41, 5.74) is 6.50. The van der Waals surface area contributed by atoms with Gasteiger partial charge in [0.1, 0.15) is 6.04 Å². The minimum absolute atomic E-state index is 0.258. The normalized spacial score (nSPS) is 15.2. The van der Waals surface area contributed by atoms with E-state index in [2.05, 4.69) is 10.1 Å². The van der Waals surface area contributed by atoms with Gasteiger partial charge in [0.05, 0.1) is 11.5 Å². The molecule has 0 amide bonds. The van der Waals surface area contributed by atoms with Crippen molar-refractivity contribution in [3.05, 3.63) is 47.6 Å². The van der Waals surface area contributed by atoms with Gasteiger partial charge < -0.3 is 15.4 Å². The van der Waals surface area contributed by atoms with Gasteiger partial charge in [-0.15, -0.1) is 0 Å². The Hall–Kier alpha value is -1.72. The van der Waals surface area contributed by atoms with Crippen LogP contribution in [0, 0.1) is 0 Å². The fourth-order valence-corrected chi connectivity index (χ4v) is 1.81. The van der Waals surface area contributed by atoms with E-state index in [1.165, 1.54) is 0 Å². The highest BCUT2D eigenvalue weighted by molar-refractivity contribution is 5.30. The second kappa shape index (κ2) is 5.11. The molecule has 2 atom stereocenters. The lowest BCUT2D eigenvalue weighted by Crippen LogP contribution is -2.24. The number of benzene rings is 1. The second-order valence-electron chi connectivity index (χ2n) is 5.21. The minimum atomic E-state index is -0.729. The third-order valence-corrected chi connectivity index (χ3v) is 3.30. The topological polar surface area (TPSA) is 85.2 Å². The van der Waals surface area contributed by atoms with Gasteiger partial charge in [-0.1, -0.05) is 35.5 Å². The summed E-state index contributed by atoms with van der Waals surface area (Å²) >= 11 is 0. The van der Waals surface area contributed by atoms with Gasteiger partial charge in [0, 0.05) is 0 Å². The van der Waals surface area contributed by atoms with Gasteiger partial charge in [-0.2, -0.15) is 4.98 Å². The van der Waals surface area contributed by atoms with Crippen LogP contribution in [-0.2, 0) is 5.41 Å². The average molecular weight is 261 g/mol. The largest absolute Gasteiger partial charge is 0.391 e. The minimum Gasteiger partial charge on any atom is -0.391 e. The molecule has 0 saturated carbocycles. The monoisotopic (exact) mass is 261 g/mol. The SMILES string of the molecule is C[C@@H](O)[C@H](N)c1nc(C(C)(C)c2ccccc2)no1. The van der Waals surface area contributed by atoms with Crippen LogP contribution < -0.4 is 5.73 Å². The number of rotatable bonds is 4. The van der Waals surface area contributed by atoms with Gasteiger partial charge in [-0.05, 0) is 26.3 Å². The van der Waals surface area contributed by atoms with E-state index in [0.29, 0.717) is 5.82 Å². The molecule has 0 fully saturated rings. The first-order chi connectivity index (χ1) is 8.93. The van der Waals surface area contributed by atoms with Crippen molar-refractivity contribution in [3.8, 4) is 0 Å². The first-order valence-corrected chi connectivity index (χ1v) is 6.26. The van der Waals surface area contributed by atoms with Gasteiger partial charge in [0.25, 0.3) is 0 Å². The Morgan fingerprint density at radius 2 is 1.89 bits per heavy atom. The van der Waals surface area contributed by atoms with Gasteiger partial charge in [-0.3, -0.25) is 0 Å². The standard InChI is InChI=1S/C14H19N3O2/c1-9(18)11(15)12-16-13(17-19-12)14(2,3)10-7-5-4-6-8-10/h4-9,11,18H,15H2,1-3H3/t9-,11+/m1/s1. The molecule has 19 heavy (non-hydrogen) atoms. The maximum Gasteiger partial charge on any atom is 0.246 e. The van der Waals surface area contributed by atoms with Gasteiger partial charge in [-0.25, -0.2) is 0 Å². The van der Waals surface area contributed by atoms with Crippen LogP contribution >= 0.6 is 0 Å². The molecule has 0 radical (unpaired) electrons. The average Bonchev–Trinajstić information content (AvgIpc) is 2.89. The quantitative estimate of drug-likeness (QED) is 0.876. The molecule has 2 rings (SSSR count). The van der Waals surface area contributed by atoms with Crippen molar-refractivity contribution >= 4 is 0 Å². The molecule has 0 aliphatic rings. The van der Waals surface area contributed by atoms with Crippen LogP contribution in [0.1, 0.15) is 44.1 Å². The summed E-state index contributed by atoms with van der Waals surface area (Å²) in [5.74, 6) is 0.818. The summed E-state index contributed by atoms with van der Waals surface area (Å²) in [7, 11) is 0. The van der Waals surface area contributed by atoms with Crippen LogP contribution in [0.3, 0.4) is 0 Å². The summed E-state index contributed by atoms with van der Waals surface area (Å²) in [5, 5.41) is 13.4. The van der Waals surface area contributed by atoms with Crippen LogP contribution in [-0.4, -0.2) is 21.4 Å². The summed E-state index contributed by atoms with van der Waals surface area (Å²) < 4.78 is 5.15. The molecule has 0 saturated heterocycles. The lowest BCUT2D eigenvalue weighted by atomic mass is 9.84. The number of hydrogen-bond acceptors (Lipinski definition) is 5. The second-order valence-corrected chi connectivity index (χ2v) is 5.21. The third kappa shape index (κ3) is 2.67. The predicted octanol–water partition coefficient (Wildman–Crippen LogP) is 1.78. The Kier molecular flexibility index (Phi) is 3.68. The molecule has 1 aromatic carbocycles. The maximum atomic E-state index is 9.45. The van der Waals surface area contributed by atoms with E-state index in [1.807, 2.05) is 44.2 Å². The summed E-state index contributed by atoms with van der Waals surface area (Å²) in [6, 6.07) is 9.28. The number of nitrogens with zero attached hydrogens (tertiary/aromatic N) is 2. The molecule has 0 unspecified atom stereocenters. The molecule has 0 spiro atoms. The molecule has 2 aromatic rings. The van der Waals surface area contributed by atoms with Crippen LogP contribution in [0.4, 0.5) is 0 Å². The zero-order valence-electron chi connectivity index (χ0n) is 11.4. The highest BCUT2D eigenvalue weighted by Gasteiger charge is 2.30. The number of aromatic nitrogens is 2. The highest BCUT2D eigenvalue weighted by atomic mass is 16.5. The summed E-state index contributed by atoms with van der Waals surface area (Å²) in [4.78, 5) is 4.32. The number of hydrogen-bond donors (Lipinski definition) is 2. The van der Waals surface area contributed by atoms with Crippen LogP contribution in [0.5, 0.6) is 0 Å². The maximum absolute atomic E-state index is 9.45. The Bertz CT molecular complexity index is 535. The zero-order chi connectivity index (χ0) is 14.0. The Labute approximate surface area is 112 Å². The smallest absolute Gasteiger partial charge is 0.246 e. The van der Waals surface area contributed by atoms with Crippen LogP contribution in [0.2, 0.25) is 0 Å². The van der Waals surface area contributed by atoms with E-state index in [4.69, 9.17) is 10.3 Å². The Morgan fingerprint density at radius 1 is 1.26 bits per heavy atom. The summed E-state index contributed by atoms with van der Waals surface area (Å²) in [6.07, 6.45) is -0.729. The van der Waals surface area contributed by atoms with Crippen molar-refractivity contribution in [2.45, 2.75) is 38.3 Å². The van der Waals surface area contributed by atoms with Crippen molar-refractivity contribution in [1.82, 2.24) is 10.1 Å². The number of nitrogens with two attached hydrogens (primary N) is 1. The zero-order valence-corrected chi connectivity index (χ0v) is 11.4. The van der Waals surface area contributed by atoms with Crippen molar-refractivity contribution in [2.24, 2.45) is 5.73 Å². The lowest BCUT2D eigenvalue weighted by molar-refractivity contribution is 0.146. The highest BCUT2D eigenvalue weighted by Crippen LogP contribution is 2.29. The molecular formula is C14H19N3O2. The van der Waals surface area contributed by atoms with Crippen molar-refractivity contribution in [1.29, 1.82) is 0 Å². The van der Waals surface area contributed by atoms with Crippen molar-refractivity contribution < 1.29 is 9.63 Å². The van der Waals surface area contributed by atoms with E-state index in [-0.39, 0.29) is 11.3 Å². The Balaban J connectivity index is 2.32. The van der Waals surface area contributed by atoms with Gasteiger partial charge in [0.15, 0.2) is 5.82 Å². The van der Waals surface area contributed by atoms with Crippen molar-refractivity contribution in [3.63, 3.8) is 0 Å². The molecule has 102 valence electrons. The number of aliphatic hydroxyl groups excluding tert-OH is 1. The van der Waals surface area contributed by atoms with E-state index in [1.54, 1.807) is 6.92 Å². The first-order valence-electron chi connectivity index (χ1n) is 6.26. The Morgan fingerprint density at radius 3 is 2.47 bits per heavy atom. The first kappa shape index (κ1) is 13.7. The molecular weight excluding hydrogens is 242 g/mol. The molecule has 1 heterocycles. The van der Waals surface area contributed by atoms with Crippen molar-refractivity contribution in [2.75, 3.05) is 0 Å². The van der Waals surface area contributed by atoms with Gasteiger partial charge >= 0.3 is 0 Å². The molecule has 5 nitrogen and oxygen atoms in total. The third-order valence-electron chi connectivity index (χ3n) is 3.30. The van der Waals surface area contributed by atoms with Crippen LogP contribution in [0.15, 0.2) is 34.9 Å². The molecule has 5 heteroatoms. The summed E-state index contributed by atoms with van der Waals surface area (Å²) in [6.45, 7) is 5.63. The molecule has 0 bridgehead atoms. The van der Waals surface area contributed by atoms with E-state index in [9.17, 15) is 5.11 Å². The lowest BCUT2D eigenvalue weighted by Gasteiger charge is -2.20. The number of aliphatic hydroxyl groups is 1. The fraction of sp³-hybridized carbons (Fsp3) is 0.429. The molecule has 0 aliphatic carbocycles. The molecule has 0 aliphatic heterocycles. The van der Waals surface area contributed by atoms with E-state index < -0.39 is 12.1 Å².